The van der Waals surface area contributed by atoms with Crippen molar-refractivity contribution in [3.05, 3.63) is 18.2 Å². The average molecular weight is 251 g/mol. The Labute approximate surface area is 106 Å². The second kappa shape index (κ2) is 5.70. The number of amides is 1. The maximum atomic E-state index is 11.7. The Morgan fingerprint density at radius 1 is 1.44 bits per heavy atom. The zero-order valence-corrected chi connectivity index (χ0v) is 10.3. The first-order valence-corrected chi connectivity index (χ1v) is 5.77. The molecule has 0 saturated carbocycles. The lowest BCUT2D eigenvalue weighted by Gasteiger charge is -2.14. The summed E-state index contributed by atoms with van der Waals surface area (Å²) in [6.07, 6.45) is 0. The summed E-state index contributed by atoms with van der Waals surface area (Å²) < 4.78 is 10.4. The van der Waals surface area contributed by atoms with E-state index < -0.39 is 0 Å². The van der Waals surface area contributed by atoms with Crippen LogP contribution in [0.1, 0.15) is 0 Å². The van der Waals surface area contributed by atoms with Crippen molar-refractivity contribution in [3.8, 4) is 11.5 Å². The molecule has 0 spiro atoms. The summed E-state index contributed by atoms with van der Waals surface area (Å²) >= 11 is 0. The van der Waals surface area contributed by atoms with Gasteiger partial charge in [-0.2, -0.15) is 0 Å². The van der Waals surface area contributed by atoms with Crippen LogP contribution in [0.25, 0.3) is 0 Å². The van der Waals surface area contributed by atoms with Gasteiger partial charge in [0.1, 0.15) is 0 Å². The van der Waals surface area contributed by atoms with Crippen LogP contribution in [0.2, 0.25) is 0 Å². The number of nitrogens with one attached hydrogen (secondary N) is 1. The van der Waals surface area contributed by atoms with Crippen LogP contribution < -0.4 is 20.5 Å². The predicted octanol–water partition coefficient (Wildman–Crippen LogP) is 0.244. The lowest BCUT2D eigenvalue weighted by molar-refractivity contribution is -0.117. The van der Waals surface area contributed by atoms with E-state index in [1.807, 2.05) is 11.9 Å². The van der Waals surface area contributed by atoms with Gasteiger partial charge in [-0.05, 0) is 19.2 Å². The summed E-state index contributed by atoms with van der Waals surface area (Å²) in [5.41, 5.74) is 6.11. The molecular weight excluding hydrogens is 234 g/mol. The number of likely N-dealkylation sites (N-methyl/N-ethyl adjacent to an activating group) is 1. The molecular formula is C12H17N3O3. The first kappa shape index (κ1) is 12.7. The maximum Gasteiger partial charge on any atom is 0.238 e. The lowest BCUT2D eigenvalue weighted by atomic mass is 10.2. The van der Waals surface area contributed by atoms with Gasteiger partial charge < -0.3 is 20.5 Å². The van der Waals surface area contributed by atoms with E-state index in [0.717, 1.165) is 0 Å². The number of nitrogens with zero attached hydrogens (tertiary/aromatic N) is 1. The minimum atomic E-state index is -0.0789. The number of rotatable bonds is 5. The van der Waals surface area contributed by atoms with Crippen LogP contribution >= 0.6 is 0 Å². The predicted molar refractivity (Wildman–Crippen MR) is 67.7 cm³/mol. The van der Waals surface area contributed by atoms with Gasteiger partial charge in [0.15, 0.2) is 11.5 Å². The second-order valence-electron chi connectivity index (χ2n) is 4.14. The van der Waals surface area contributed by atoms with Crippen molar-refractivity contribution in [1.82, 2.24) is 4.90 Å². The highest BCUT2D eigenvalue weighted by molar-refractivity contribution is 5.92. The molecule has 6 nitrogen and oxygen atoms in total. The fraction of sp³-hybridized carbons (Fsp3) is 0.417. The molecule has 0 saturated heterocycles. The van der Waals surface area contributed by atoms with E-state index in [-0.39, 0.29) is 12.7 Å². The Morgan fingerprint density at radius 2 is 2.22 bits per heavy atom. The smallest absolute Gasteiger partial charge is 0.238 e. The highest BCUT2D eigenvalue weighted by Gasteiger charge is 2.14. The van der Waals surface area contributed by atoms with Gasteiger partial charge in [-0.15, -0.1) is 0 Å². The number of anilines is 1. The van der Waals surface area contributed by atoms with Crippen molar-refractivity contribution in [1.29, 1.82) is 0 Å². The van der Waals surface area contributed by atoms with E-state index in [0.29, 0.717) is 36.8 Å². The van der Waals surface area contributed by atoms with Gasteiger partial charge in [0.2, 0.25) is 12.7 Å². The van der Waals surface area contributed by atoms with E-state index in [4.69, 9.17) is 15.2 Å². The van der Waals surface area contributed by atoms with Crippen LogP contribution in [0, 0.1) is 0 Å². The standard InChI is InChI=1S/C12H17N3O3/c1-15(5-4-13)7-12(16)14-9-2-3-10-11(6-9)18-8-17-10/h2-3,6H,4-5,7-8,13H2,1H3,(H,14,16). The van der Waals surface area contributed by atoms with Crippen molar-refractivity contribution in [3.63, 3.8) is 0 Å². The van der Waals surface area contributed by atoms with Crippen LogP contribution in [0.5, 0.6) is 11.5 Å². The van der Waals surface area contributed by atoms with Crippen LogP contribution in [-0.2, 0) is 4.79 Å². The van der Waals surface area contributed by atoms with Gasteiger partial charge in [0.05, 0.1) is 6.54 Å². The van der Waals surface area contributed by atoms with E-state index >= 15 is 0 Å². The summed E-state index contributed by atoms with van der Waals surface area (Å²) in [6, 6.07) is 5.32. The number of benzene rings is 1. The van der Waals surface area contributed by atoms with E-state index in [9.17, 15) is 4.79 Å². The quantitative estimate of drug-likeness (QED) is 0.784. The Morgan fingerprint density at radius 3 is 3.00 bits per heavy atom. The van der Waals surface area contributed by atoms with Gasteiger partial charge in [0, 0.05) is 24.8 Å². The van der Waals surface area contributed by atoms with Gasteiger partial charge in [-0.3, -0.25) is 9.69 Å². The third-order valence-electron chi connectivity index (χ3n) is 2.58. The highest BCUT2D eigenvalue weighted by atomic mass is 16.7. The molecule has 0 bridgehead atoms. The Hall–Kier alpha value is -1.79. The molecule has 98 valence electrons. The molecule has 1 aromatic rings. The second-order valence-corrected chi connectivity index (χ2v) is 4.14. The fourth-order valence-electron chi connectivity index (χ4n) is 1.72. The summed E-state index contributed by atoms with van der Waals surface area (Å²) in [7, 11) is 1.85. The number of carbonyl (C=O) groups excluding carboxylic acids is 1. The molecule has 2 rings (SSSR count). The molecule has 1 aliphatic heterocycles. The van der Waals surface area contributed by atoms with Crippen LogP contribution in [0.4, 0.5) is 5.69 Å². The minimum absolute atomic E-state index is 0.0789. The summed E-state index contributed by atoms with van der Waals surface area (Å²) in [4.78, 5) is 13.6. The summed E-state index contributed by atoms with van der Waals surface area (Å²) in [6.45, 7) is 1.76. The summed E-state index contributed by atoms with van der Waals surface area (Å²) in [5.74, 6) is 1.28. The van der Waals surface area contributed by atoms with Crippen molar-refractivity contribution in [2.75, 3.05) is 38.8 Å². The number of ether oxygens (including phenoxy) is 2. The normalized spacial score (nSPS) is 12.8. The maximum absolute atomic E-state index is 11.7. The topological polar surface area (TPSA) is 76.8 Å². The van der Waals surface area contributed by atoms with Crippen molar-refractivity contribution >= 4 is 11.6 Å². The molecule has 3 N–H and O–H groups in total. The lowest BCUT2D eigenvalue weighted by Crippen LogP contribution is -2.33. The number of nitrogens with two attached hydrogens (primary N) is 1. The van der Waals surface area contributed by atoms with E-state index in [2.05, 4.69) is 5.32 Å². The van der Waals surface area contributed by atoms with Crippen molar-refractivity contribution < 1.29 is 14.3 Å². The molecule has 1 aromatic carbocycles. The monoisotopic (exact) mass is 251 g/mol. The average Bonchev–Trinajstić information content (AvgIpc) is 2.76. The molecule has 1 heterocycles. The molecule has 18 heavy (non-hydrogen) atoms. The fourth-order valence-corrected chi connectivity index (χ4v) is 1.72. The molecule has 0 aliphatic carbocycles. The van der Waals surface area contributed by atoms with Crippen LogP contribution in [-0.4, -0.2) is 44.3 Å². The molecule has 0 fully saturated rings. The molecule has 1 amide bonds. The Bertz CT molecular complexity index is 437. The van der Waals surface area contributed by atoms with Gasteiger partial charge in [-0.1, -0.05) is 0 Å². The molecule has 0 unspecified atom stereocenters. The molecule has 1 aliphatic rings. The van der Waals surface area contributed by atoms with Crippen molar-refractivity contribution in [2.45, 2.75) is 0 Å². The molecule has 6 heteroatoms. The van der Waals surface area contributed by atoms with Crippen LogP contribution in [0.15, 0.2) is 18.2 Å². The van der Waals surface area contributed by atoms with E-state index in [1.54, 1.807) is 18.2 Å². The third kappa shape index (κ3) is 3.12. The number of carbonyl (C=O) groups is 1. The Balaban J connectivity index is 1.91. The Kier molecular flexibility index (Phi) is 4.01. The van der Waals surface area contributed by atoms with E-state index in [1.165, 1.54) is 0 Å². The van der Waals surface area contributed by atoms with Crippen molar-refractivity contribution in [2.24, 2.45) is 5.73 Å². The third-order valence-corrected chi connectivity index (χ3v) is 2.58. The number of hydrogen-bond acceptors (Lipinski definition) is 5. The zero-order chi connectivity index (χ0) is 13.0. The largest absolute Gasteiger partial charge is 0.454 e. The summed E-state index contributed by atoms with van der Waals surface area (Å²) in [5, 5.41) is 2.80. The SMILES string of the molecule is CN(CCN)CC(=O)Nc1ccc2c(c1)OCO2. The number of hydrogen-bond donors (Lipinski definition) is 2. The molecule has 0 aromatic heterocycles. The van der Waals surface area contributed by atoms with Gasteiger partial charge in [-0.25, -0.2) is 0 Å². The molecule has 0 radical (unpaired) electrons. The highest BCUT2D eigenvalue weighted by Crippen LogP contribution is 2.34. The minimum Gasteiger partial charge on any atom is -0.454 e. The molecule has 0 atom stereocenters. The first-order chi connectivity index (χ1) is 8.69. The first-order valence-electron chi connectivity index (χ1n) is 5.77. The van der Waals surface area contributed by atoms with Gasteiger partial charge >= 0.3 is 0 Å². The zero-order valence-electron chi connectivity index (χ0n) is 10.3. The number of fused-ring (bicyclic) bond motifs is 1. The van der Waals surface area contributed by atoms with Gasteiger partial charge in [0.25, 0.3) is 0 Å². The van der Waals surface area contributed by atoms with Crippen LogP contribution in [0.3, 0.4) is 0 Å².